The number of anilines is 1. The van der Waals surface area contributed by atoms with Crippen LogP contribution in [0.5, 0.6) is 0 Å². The molecule has 0 heterocycles. The SMILES string of the molecule is CCN(CC)c1ccccc1.CCNCC.Fc1c(F)c(F)[c]([Al+2])c(F)c1F.Fc1c(F)c(F)[c]([Al+2])c(F)c1F.Fc1c(F)c(F)[c]([Al+2])c(F)c1F.Fc1c(F)c(F)[c]([Al+2])c(F)c1F. The van der Waals surface area contributed by atoms with Crippen molar-refractivity contribution < 1.29 is 87.8 Å². The molecule has 2 nitrogen and oxygen atoms in total. The topological polar surface area (TPSA) is 15.3 Å². The molecule has 0 saturated heterocycles. The Morgan fingerprint density at radius 1 is 0.312 bits per heavy atom. The van der Waals surface area contributed by atoms with Crippen molar-refractivity contribution in [2.24, 2.45) is 0 Å². The number of nitrogens with zero attached hydrogens (tertiary/aromatic N) is 1. The van der Waals surface area contributed by atoms with Crippen LogP contribution in [-0.4, -0.2) is 91.3 Å². The molecule has 1 N–H and O–H groups in total. The van der Waals surface area contributed by atoms with Crippen molar-refractivity contribution in [3.8, 4) is 0 Å². The Hall–Kier alpha value is -3.41. The summed E-state index contributed by atoms with van der Waals surface area (Å²) in [5.74, 6) is -38.6. The minimum atomic E-state index is -2.14. The number of nitrogens with one attached hydrogen (secondary N) is 1. The molecule has 0 amide bonds. The fourth-order valence-corrected chi connectivity index (χ4v) is 4.98. The minimum absolute atomic E-state index is 0.952. The van der Waals surface area contributed by atoms with Gasteiger partial charge in [0.2, 0.25) is 0 Å². The Morgan fingerprint density at radius 2 is 0.484 bits per heavy atom. The second kappa shape index (κ2) is 28.6. The van der Waals surface area contributed by atoms with E-state index < -0.39 is 134 Å². The van der Waals surface area contributed by atoms with E-state index in [4.69, 9.17) is 0 Å². The van der Waals surface area contributed by atoms with Gasteiger partial charge in [0.25, 0.3) is 0 Å². The van der Waals surface area contributed by atoms with Crippen LogP contribution in [0.1, 0.15) is 27.7 Å². The molecule has 0 aliphatic rings. The number of hydrogen-bond acceptors (Lipinski definition) is 2. The number of hydrogen-bond donors (Lipinski definition) is 1. The Kier molecular flexibility index (Phi) is 27.1. The summed E-state index contributed by atoms with van der Waals surface area (Å²) >= 11 is 5.76. The molecular formula is C38H26Al4F20N2+8. The van der Waals surface area contributed by atoms with E-state index in [0.717, 1.165) is 26.2 Å². The van der Waals surface area contributed by atoms with Gasteiger partial charge in [-0.25, -0.2) is 0 Å². The van der Waals surface area contributed by atoms with Crippen molar-refractivity contribution in [1.29, 1.82) is 0 Å². The average Bonchev–Trinajstić information content (AvgIpc) is 3.30. The number of rotatable bonds is 5. The van der Waals surface area contributed by atoms with Crippen molar-refractivity contribution in [3.63, 3.8) is 0 Å². The van der Waals surface area contributed by atoms with Gasteiger partial charge in [0, 0.05) is 18.8 Å². The first-order chi connectivity index (χ1) is 29.7. The molecule has 0 aliphatic carbocycles. The summed E-state index contributed by atoms with van der Waals surface area (Å²) < 4.78 is 242. The van der Waals surface area contributed by atoms with Crippen molar-refractivity contribution >= 4 is 88.6 Å². The van der Waals surface area contributed by atoms with Crippen LogP contribution in [0.3, 0.4) is 0 Å². The van der Waals surface area contributed by atoms with Crippen LogP contribution in [0.25, 0.3) is 0 Å². The molecule has 5 rings (SSSR count). The zero-order valence-corrected chi connectivity index (χ0v) is 37.6. The first-order valence-corrected chi connectivity index (χ1v) is 19.5. The van der Waals surface area contributed by atoms with Crippen LogP contribution >= 0.6 is 0 Å². The zero-order valence-electron chi connectivity index (χ0n) is 33.0. The van der Waals surface area contributed by atoms with Gasteiger partial charge in [-0.2, -0.15) is 0 Å². The van der Waals surface area contributed by atoms with E-state index in [1.165, 1.54) is 70.8 Å². The summed E-state index contributed by atoms with van der Waals surface area (Å²) in [6.45, 7) is 12.9. The molecular weight excluding hydrogens is 972 g/mol. The van der Waals surface area contributed by atoms with Gasteiger partial charge < -0.3 is 10.2 Å². The normalized spacial score (nSPS) is 10.2. The molecule has 0 unspecified atom stereocenters. The molecule has 0 aromatic heterocycles. The molecule has 0 atom stereocenters. The fraction of sp³-hybridized carbons (Fsp3) is 0.211. The quantitative estimate of drug-likeness (QED) is 0.0837. The molecule has 0 aliphatic heterocycles. The Labute approximate surface area is 385 Å². The summed E-state index contributed by atoms with van der Waals surface area (Å²) in [5.41, 5.74) is 1.32. The first-order valence-electron chi connectivity index (χ1n) is 17.2. The molecule has 0 radical (unpaired) electrons. The van der Waals surface area contributed by atoms with E-state index in [1.54, 1.807) is 0 Å². The van der Waals surface area contributed by atoms with Gasteiger partial charge in [0.15, 0.2) is 0 Å². The third-order valence-corrected chi connectivity index (χ3v) is 9.39. The van der Waals surface area contributed by atoms with Crippen molar-refractivity contribution in [2.45, 2.75) is 27.7 Å². The van der Waals surface area contributed by atoms with Crippen LogP contribution in [0.4, 0.5) is 93.5 Å². The van der Waals surface area contributed by atoms with Crippen LogP contribution in [-0.2, 0) is 0 Å². The second-order valence-electron chi connectivity index (χ2n) is 11.4. The third-order valence-electron chi connectivity index (χ3n) is 7.36. The van der Waals surface area contributed by atoms with Crippen LogP contribution in [0.15, 0.2) is 30.3 Å². The van der Waals surface area contributed by atoms with E-state index in [1.807, 2.05) is 6.07 Å². The predicted octanol–water partition coefficient (Wildman–Crippen LogP) is 7.85. The van der Waals surface area contributed by atoms with Crippen LogP contribution in [0, 0.1) is 116 Å². The number of halogens is 20. The van der Waals surface area contributed by atoms with E-state index in [0.29, 0.717) is 0 Å². The van der Waals surface area contributed by atoms with Gasteiger partial charge in [-0.15, -0.1) is 0 Å². The first kappa shape index (κ1) is 60.6. The van der Waals surface area contributed by atoms with Crippen LogP contribution in [0.2, 0.25) is 0 Å². The van der Waals surface area contributed by atoms with Crippen LogP contribution < -0.4 is 27.9 Å². The standard InChI is InChI=1S/C10H15N.4C6F5.C4H11N.4Al/c1-3-11(4-2)10-8-6-5-7-9-10;4*7-2-1-3(8)5(10)6(11)4(2)9;1-3-5-4-2;;;;/h5-9H,3-4H2,1-2H3;;;;;5H,3-4H2,1-2H3;;;;/q;;;;;;4*+2. The fourth-order valence-electron chi connectivity index (χ4n) is 3.97. The Morgan fingerprint density at radius 3 is 0.625 bits per heavy atom. The maximum atomic E-state index is 12.4. The Bertz CT molecular complexity index is 1640. The van der Waals surface area contributed by atoms with Gasteiger partial charge in [-0.3, -0.25) is 0 Å². The van der Waals surface area contributed by atoms with E-state index in [-0.39, 0.29) is 0 Å². The second-order valence-corrected chi connectivity index (χ2v) is 13.7. The van der Waals surface area contributed by atoms with E-state index in [2.05, 4.69) is 62.2 Å². The molecule has 0 bridgehead atoms. The third kappa shape index (κ3) is 15.9. The van der Waals surface area contributed by atoms with Gasteiger partial charge >= 0.3 is 287 Å². The van der Waals surface area contributed by atoms with Gasteiger partial charge in [-0.05, 0) is 39.1 Å². The summed E-state index contributed by atoms with van der Waals surface area (Å²) in [4.78, 5) is 2.33. The molecule has 26 heteroatoms. The zero-order chi connectivity index (χ0) is 50.1. The van der Waals surface area contributed by atoms with Crippen molar-refractivity contribution in [1.82, 2.24) is 5.32 Å². The summed E-state index contributed by atoms with van der Waals surface area (Å²) in [6, 6.07) is 10.5. The summed E-state index contributed by atoms with van der Waals surface area (Å²) in [6.07, 6.45) is 0. The summed E-state index contributed by atoms with van der Waals surface area (Å²) in [7, 11) is 0. The molecule has 5 aromatic carbocycles. The molecule has 5 aromatic rings. The van der Waals surface area contributed by atoms with Crippen molar-refractivity contribution in [2.75, 3.05) is 31.1 Å². The van der Waals surface area contributed by atoms with Gasteiger partial charge in [0.05, 0.1) is 0 Å². The average molecular weight is 999 g/mol. The molecule has 0 fully saturated rings. The molecule has 64 heavy (non-hydrogen) atoms. The number of benzene rings is 5. The monoisotopic (exact) mass is 998 g/mol. The molecule has 332 valence electrons. The number of para-hydroxylation sites is 1. The Balaban J connectivity index is 0.000000755. The maximum absolute atomic E-state index is 12.4. The summed E-state index contributed by atoms with van der Waals surface area (Å²) in [5, 5.41) is 3.11. The molecule has 0 spiro atoms. The van der Waals surface area contributed by atoms with Crippen molar-refractivity contribution in [3.05, 3.63) is 147 Å². The van der Waals surface area contributed by atoms with E-state index in [9.17, 15) is 87.8 Å². The van der Waals surface area contributed by atoms with Gasteiger partial charge in [-0.1, -0.05) is 32.0 Å². The molecule has 0 saturated carbocycles. The van der Waals surface area contributed by atoms with E-state index >= 15 is 0 Å². The van der Waals surface area contributed by atoms with Gasteiger partial charge in [0.1, 0.15) is 0 Å². The predicted molar refractivity (Wildman–Crippen MR) is 201 cm³/mol.